The topological polar surface area (TPSA) is 97.2 Å². The molecule has 0 aliphatic rings. The Morgan fingerprint density at radius 1 is 1.06 bits per heavy atom. The quantitative estimate of drug-likeness (QED) is 0.169. The highest BCUT2D eigenvalue weighted by Gasteiger charge is 2.17. The highest BCUT2D eigenvalue weighted by Crippen LogP contribution is 2.28. The molecule has 0 unspecified atom stereocenters. The Morgan fingerprint density at radius 3 is 2.64 bits per heavy atom. The Labute approximate surface area is 212 Å². The van der Waals surface area contributed by atoms with E-state index in [1.54, 1.807) is 6.21 Å². The van der Waals surface area contributed by atoms with Crippen molar-refractivity contribution in [2.75, 3.05) is 12.4 Å². The number of carbonyl (C=O) groups excluding carboxylic acids is 1. The molecule has 0 saturated carbocycles. The third-order valence-electron chi connectivity index (χ3n) is 5.42. The van der Waals surface area contributed by atoms with E-state index >= 15 is 0 Å². The first kappa shape index (κ1) is 23.4. The maximum Gasteiger partial charge on any atom is 0.250 e. The number of para-hydroxylation sites is 1. The second-order valence-electron chi connectivity index (χ2n) is 7.81. The van der Waals surface area contributed by atoms with Gasteiger partial charge in [-0.1, -0.05) is 60.3 Å². The van der Waals surface area contributed by atoms with Crippen molar-refractivity contribution in [2.45, 2.75) is 12.1 Å². The van der Waals surface area contributed by atoms with Crippen LogP contribution in [0.4, 0.5) is 0 Å². The number of nitrogens with one attached hydrogen (secondary N) is 2. The van der Waals surface area contributed by atoms with Crippen LogP contribution in [0.2, 0.25) is 0 Å². The van der Waals surface area contributed by atoms with Gasteiger partial charge in [-0.15, -0.1) is 10.2 Å². The molecule has 0 spiro atoms. The van der Waals surface area contributed by atoms with Crippen molar-refractivity contribution in [2.24, 2.45) is 5.10 Å². The van der Waals surface area contributed by atoms with E-state index in [2.05, 4.69) is 25.7 Å². The lowest BCUT2D eigenvalue weighted by atomic mass is 10.2. The Hall–Kier alpha value is -4.37. The number of aromatic amines is 1. The average molecular weight is 497 g/mol. The van der Waals surface area contributed by atoms with Gasteiger partial charge in [0.25, 0.3) is 5.91 Å². The summed E-state index contributed by atoms with van der Waals surface area (Å²) in [5, 5.41) is 14.6. The van der Waals surface area contributed by atoms with Crippen LogP contribution in [0.15, 0.2) is 95.3 Å². The van der Waals surface area contributed by atoms with Gasteiger partial charge in [0.1, 0.15) is 5.75 Å². The Balaban J connectivity index is 1.32. The van der Waals surface area contributed by atoms with Crippen LogP contribution in [-0.4, -0.2) is 44.2 Å². The molecule has 0 fully saturated rings. The minimum absolute atomic E-state index is 0.134. The fourth-order valence-corrected chi connectivity index (χ4v) is 4.51. The van der Waals surface area contributed by atoms with Crippen LogP contribution in [0.25, 0.3) is 28.0 Å². The summed E-state index contributed by atoms with van der Waals surface area (Å²) in [6.07, 6.45) is 3.50. The predicted octanol–water partition coefficient (Wildman–Crippen LogP) is 5.06. The number of benzene rings is 3. The van der Waals surface area contributed by atoms with Crippen molar-refractivity contribution in [3.63, 3.8) is 0 Å². The van der Waals surface area contributed by atoms with E-state index < -0.39 is 0 Å². The van der Waals surface area contributed by atoms with Crippen LogP contribution in [-0.2, 0) is 4.79 Å². The van der Waals surface area contributed by atoms with Gasteiger partial charge < -0.3 is 9.72 Å². The van der Waals surface area contributed by atoms with Gasteiger partial charge in [-0.2, -0.15) is 5.10 Å². The lowest BCUT2D eigenvalue weighted by Gasteiger charge is -2.11. The van der Waals surface area contributed by atoms with Crippen molar-refractivity contribution in [1.82, 2.24) is 25.2 Å². The SMILES string of the molecule is CCOc1ccc(-n2c(SCC(=O)NN=Cc3c[nH]c4ccccc34)nnc2-c2ccccc2)cc1. The maximum absolute atomic E-state index is 12.5. The molecule has 0 aliphatic carbocycles. The summed E-state index contributed by atoms with van der Waals surface area (Å²) >= 11 is 1.30. The molecule has 0 atom stereocenters. The second-order valence-corrected chi connectivity index (χ2v) is 8.75. The lowest BCUT2D eigenvalue weighted by molar-refractivity contribution is -0.118. The molecule has 3 aromatic carbocycles. The smallest absolute Gasteiger partial charge is 0.250 e. The van der Waals surface area contributed by atoms with Gasteiger partial charge in [0.2, 0.25) is 0 Å². The predicted molar refractivity (Wildman–Crippen MR) is 143 cm³/mol. The van der Waals surface area contributed by atoms with E-state index in [-0.39, 0.29) is 11.7 Å². The highest BCUT2D eigenvalue weighted by molar-refractivity contribution is 7.99. The number of thioether (sulfide) groups is 1. The van der Waals surface area contributed by atoms with Crippen molar-refractivity contribution in [3.05, 3.63) is 90.6 Å². The molecule has 36 heavy (non-hydrogen) atoms. The van der Waals surface area contributed by atoms with Gasteiger partial charge in [-0.3, -0.25) is 9.36 Å². The summed E-state index contributed by atoms with van der Waals surface area (Å²) in [6.45, 7) is 2.55. The van der Waals surface area contributed by atoms with Gasteiger partial charge >= 0.3 is 0 Å². The number of hydrogen-bond acceptors (Lipinski definition) is 6. The molecule has 0 aliphatic heterocycles. The van der Waals surface area contributed by atoms with Crippen LogP contribution < -0.4 is 10.2 Å². The minimum atomic E-state index is -0.237. The summed E-state index contributed by atoms with van der Waals surface area (Å²) in [4.78, 5) is 15.7. The minimum Gasteiger partial charge on any atom is -0.494 e. The number of aromatic nitrogens is 4. The number of hydrazone groups is 1. The average Bonchev–Trinajstić information content (AvgIpc) is 3.53. The van der Waals surface area contributed by atoms with Crippen molar-refractivity contribution >= 4 is 34.8 Å². The first-order chi connectivity index (χ1) is 17.7. The Morgan fingerprint density at radius 2 is 1.83 bits per heavy atom. The van der Waals surface area contributed by atoms with E-state index in [4.69, 9.17) is 4.74 Å². The van der Waals surface area contributed by atoms with Gasteiger partial charge in [0, 0.05) is 33.9 Å². The number of rotatable bonds is 9. The van der Waals surface area contributed by atoms with Crippen molar-refractivity contribution in [1.29, 1.82) is 0 Å². The molecular weight excluding hydrogens is 472 g/mol. The number of ether oxygens (including phenoxy) is 1. The molecule has 2 heterocycles. The van der Waals surface area contributed by atoms with Crippen LogP contribution in [0, 0.1) is 0 Å². The zero-order valence-electron chi connectivity index (χ0n) is 19.6. The molecule has 2 aromatic heterocycles. The van der Waals surface area contributed by atoms with Gasteiger partial charge in [-0.05, 0) is 37.3 Å². The van der Waals surface area contributed by atoms with Crippen LogP contribution in [0.1, 0.15) is 12.5 Å². The van der Waals surface area contributed by atoms with Crippen LogP contribution >= 0.6 is 11.8 Å². The van der Waals surface area contributed by atoms with E-state index in [0.29, 0.717) is 17.6 Å². The molecule has 9 heteroatoms. The second kappa shape index (κ2) is 10.9. The standard InChI is InChI=1S/C27H24N6O2S/c1-2-35-22-14-12-21(13-15-22)33-26(19-8-4-3-5-9-19)31-32-27(33)36-18-25(34)30-29-17-20-16-28-24-11-7-6-10-23(20)24/h3-17,28H,2,18H2,1H3,(H,30,34). The van der Waals surface area contributed by atoms with Crippen LogP contribution in [0.3, 0.4) is 0 Å². The molecule has 5 rings (SSSR count). The zero-order chi connectivity index (χ0) is 24.7. The molecule has 0 radical (unpaired) electrons. The Bertz CT molecular complexity index is 1490. The van der Waals surface area contributed by atoms with E-state index in [1.807, 2.05) is 96.6 Å². The molecular formula is C27H24N6O2S. The number of fused-ring (bicyclic) bond motifs is 1. The third kappa shape index (κ3) is 5.16. The summed E-state index contributed by atoms with van der Waals surface area (Å²) in [7, 11) is 0. The molecule has 2 N–H and O–H groups in total. The number of carbonyl (C=O) groups is 1. The van der Waals surface area contributed by atoms with E-state index in [9.17, 15) is 4.79 Å². The monoisotopic (exact) mass is 496 g/mol. The fraction of sp³-hybridized carbons (Fsp3) is 0.111. The summed E-state index contributed by atoms with van der Waals surface area (Å²) in [5.41, 5.74) is 6.32. The normalized spacial score (nSPS) is 11.2. The summed E-state index contributed by atoms with van der Waals surface area (Å²) < 4.78 is 7.52. The Kier molecular flexibility index (Phi) is 7.09. The fourth-order valence-electron chi connectivity index (χ4n) is 3.77. The molecule has 5 aromatic rings. The number of amides is 1. The summed E-state index contributed by atoms with van der Waals surface area (Å²) in [6, 6.07) is 25.5. The number of nitrogens with zero attached hydrogens (tertiary/aromatic N) is 4. The number of hydrogen-bond donors (Lipinski definition) is 2. The highest BCUT2D eigenvalue weighted by atomic mass is 32.2. The molecule has 8 nitrogen and oxygen atoms in total. The van der Waals surface area contributed by atoms with Gasteiger partial charge in [0.15, 0.2) is 11.0 Å². The van der Waals surface area contributed by atoms with Crippen molar-refractivity contribution < 1.29 is 9.53 Å². The van der Waals surface area contributed by atoms with Gasteiger partial charge in [0.05, 0.1) is 18.6 Å². The van der Waals surface area contributed by atoms with Crippen LogP contribution in [0.5, 0.6) is 5.75 Å². The molecule has 0 bridgehead atoms. The largest absolute Gasteiger partial charge is 0.494 e. The zero-order valence-corrected chi connectivity index (χ0v) is 20.4. The molecule has 1 amide bonds. The molecule has 180 valence electrons. The van der Waals surface area contributed by atoms with E-state index in [0.717, 1.165) is 33.5 Å². The first-order valence-electron chi connectivity index (χ1n) is 11.5. The maximum atomic E-state index is 12.5. The van der Waals surface area contributed by atoms with E-state index in [1.165, 1.54) is 11.8 Å². The summed E-state index contributed by atoms with van der Waals surface area (Å²) in [5.74, 6) is 1.38. The van der Waals surface area contributed by atoms with Gasteiger partial charge in [-0.25, -0.2) is 5.43 Å². The first-order valence-corrected chi connectivity index (χ1v) is 12.5. The number of H-pyrrole nitrogens is 1. The third-order valence-corrected chi connectivity index (χ3v) is 6.35. The molecule has 0 saturated heterocycles. The lowest BCUT2D eigenvalue weighted by Crippen LogP contribution is -2.20. The van der Waals surface area contributed by atoms with Crippen molar-refractivity contribution in [3.8, 4) is 22.8 Å².